The molecule has 0 radical (unpaired) electrons. The zero-order valence-corrected chi connectivity index (χ0v) is 9.10. The number of hydrogen-bond acceptors (Lipinski definition) is 2. The van der Waals surface area contributed by atoms with Gasteiger partial charge in [0.2, 0.25) is 0 Å². The van der Waals surface area contributed by atoms with Crippen molar-refractivity contribution < 1.29 is 9.90 Å². The minimum absolute atomic E-state index is 0.00852. The minimum Gasteiger partial charge on any atom is -0.480 e. The molecule has 0 aliphatic rings. The molecule has 0 saturated heterocycles. The van der Waals surface area contributed by atoms with Crippen LogP contribution in [0, 0.1) is 12.3 Å². The SMILES string of the molecule is C#CCCCN(CC(=O)O)c1ccccc1. The van der Waals surface area contributed by atoms with Crippen molar-refractivity contribution in [2.24, 2.45) is 0 Å². The predicted octanol–water partition coefficient (Wildman–Crippen LogP) is 1.99. The van der Waals surface area contributed by atoms with Crippen LogP contribution < -0.4 is 4.90 Å². The molecular formula is C13H15NO2. The van der Waals surface area contributed by atoms with Crippen molar-refractivity contribution in [3.05, 3.63) is 30.3 Å². The number of nitrogens with zero attached hydrogens (tertiary/aromatic N) is 1. The number of benzene rings is 1. The van der Waals surface area contributed by atoms with E-state index in [-0.39, 0.29) is 6.54 Å². The standard InChI is InChI=1S/C13H15NO2/c1-2-3-7-10-14(11-13(15)16)12-8-5-4-6-9-12/h1,4-6,8-9H,3,7,10-11H2,(H,15,16). The Hall–Kier alpha value is -1.95. The molecule has 1 N–H and O–H groups in total. The maximum absolute atomic E-state index is 10.7. The molecule has 1 aromatic carbocycles. The molecule has 1 aromatic rings. The molecule has 0 atom stereocenters. The van der Waals surface area contributed by atoms with Gasteiger partial charge in [0.05, 0.1) is 0 Å². The molecule has 0 aliphatic heterocycles. The number of aliphatic carboxylic acids is 1. The van der Waals surface area contributed by atoms with Gasteiger partial charge < -0.3 is 10.0 Å². The van der Waals surface area contributed by atoms with Crippen molar-refractivity contribution >= 4 is 11.7 Å². The maximum Gasteiger partial charge on any atom is 0.323 e. The molecule has 0 saturated carbocycles. The number of carboxylic acid groups (broad SMARTS) is 1. The summed E-state index contributed by atoms with van der Waals surface area (Å²) < 4.78 is 0. The summed E-state index contributed by atoms with van der Waals surface area (Å²) in [5, 5.41) is 8.82. The zero-order chi connectivity index (χ0) is 11.8. The van der Waals surface area contributed by atoms with Crippen LogP contribution in [-0.2, 0) is 4.79 Å². The Bertz CT molecular complexity index is 367. The molecule has 1 rings (SSSR count). The minimum atomic E-state index is -0.829. The summed E-state index contributed by atoms with van der Waals surface area (Å²) in [6, 6.07) is 9.50. The molecule has 3 heteroatoms. The third-order valence-electron chi connectivity index (χ3n) is 2.20. The Labute approximate surface area is 95.7 Å². The molecule has 0 bridgehead atoms. The van der Waals surface area contributed by atoms with E-state index in [1.165, 1.54) is 0 Å². The van der Waals surface area contributed by atoms with E-state index in [1.54, 1.807) is 0 Å². The van der Waals surface area contributed by atoms with Crippen molar-refractivity contribution in [2.45, 2.75) is 12.8 Å². The van der Waals surface area contributed by atoms with Gasteiger partial charge in [-0.15, -0.1) is 12.3 Å². The van der Waals surface area contributed by atoms with E-state index in [4.69, 9.17) is 11.5 Å². The van der Waals surface area contributed by atoms with Gasteiger partial charge in [0.25, 0.3) is 0 Å². The lowest BCUT2D eigenvalue weighted by Crippen LogP contribution is -2.30. The Morgan fingerprint density at radius 3 is 2.62 bits per heavy atom. The van der Waals surface area contributed by atoms with Crippen LogP contribution in [0.15, 0.2) is 30.3 Å². The Kier molecular flexibility index (Phi) is 4.94. The lowest BCUT2D eigenvalue weighted by molar-refractivity contribution is -0.135. The van der Waals surface area contributed by atoms with E-state index in [0.29, 0.717) is 13.0 Å². The molecule has 3 nitrogen and oxygen atoms in total. The van der Waals surface area contributed by atoms with Gasteiger partial charge in [-0.25, -0.2) is 0 Å². The highest BCUT2D eigenvalue weighted by atomic mass is 16.4. The van der Waals surface area contributed by atoms with E-state index < -0.39 is 5.97 Å². The first-order valence-electron chi connectivity index (χ1n) is 5.19. The van der Waals surface area contributed by atoms with Gasteiger partial charge in [-0.3, -0.25) is 4.79 Å². The van der Waals surface area contributed by atoms with E-state index >= 15 is 0 Å². The summed E-state index contributed by atoms with van der Waals surface area (Å²) in [4.78, 5) is 12.6. The number of carbonyl (C=O) groups is 1. The van der Waals surface area contributed by atoms with Gasteiger partial charge in [0, 0.05) is 18.7 Å². The van der Waals surface area contributed by atoms with Gasteiger partial charge >= 0.3 is 5.97 Å². The van der Waals surface area contributed by atoms with Gasteiger partial charge in [-0.2, -0.15) is 0 Å². The van der Waals surface area contributed by atoms with Crippen LogP contribution in [-0.4, -0.2) is 24.2 Å². The number of hydrogen-bond donors (Lipinski definition) is 1. The summed E-state index contributed by atoms with van der Waals surface area (Å²) in [7, 11) is 0. The van der Waals surface area contributed by atoms with E-state index in [9.17, 15) is 4.79 Å². The van der Waals surface area contributed by atoms with Crippen molar-refractivity contribution in [1.29, 1.82) is 0 Å². The Morgan fingerprint density at radius 1 is 1.38 bits per heavy atom. The van der Waals surface area contributed by atoms with Crippen LogP contribution >= 0.6 is 0 Å². The smallest absolute Gasteiger partial charge is 0.323 e. The number of rotatable bonds is 6. The lowest BCUT2D eigenvalue weighted by atomic mass is 10.2. The topological polar surface area (TPSA) is 40.5 Å². The first kappa shape index (κ1) is 12.1. The summed E-state index contributed by atoms with van der Waals surface area (Å²) in [5.41, 5.74) is 0.918. The number of terminal acetylenes is 1. The van der Waals surface area contributed by atoms with Crippen LogP contribution in [0.5, 0.6) is 0 Å². The highest BCUT2D eigenvalue weighted by molar-refractivity contribution is 5.73. The molecular weight excluding hydrogens is 202 g/mol. The third-order valence-corrected chi connectivity index (χ3v) is 2.20. The molecule has 0 fully saturated rings. The maximum atomic E-state index is 10.7. The van der Waals surface area contributed by atoms with Gasteiger partial charge in [-0.05, 0) is 18.6 Å². The van der Waals surface area contributed by atoms with E-state index in [0.717, 1.165) is 12.1 Å². The number of anilines is 1. The van der Waals surface area contributed by atoms with Crippen LogP contribution in [0.1, 0.15) is 12.8 Å². The van der Waals surface area contributed by atoms with Crippen LogP contribution in [0.3, 0.4) is 0 Å². The lowest BCUT2D eigenvalue weighted by Gasteiger charge is -2.22. The van der Waals surface area contributed by atoms with Gasteiger partial charge in [0.15, 0.2) is 0 Å². The second kappa shape index (κ2) is 6.52. The molecule has 0 heterocycles. The number of unbranched alkanes of at least 4 members (excludes halogenated alkanes) is 1. The van der Waals surface area contributed by atoms with Crippen molar-refractivity contribution in [1.82, 2.24) is 0 Å². The number of carboxylic acids is 1. The summed E-state index contributed by atoms with van der Waals surface area (Å²) >= 11 is 0. The second-order valence-electron chi connectivity index (χ2n) is 3.46. The first-order valence-corrected chi connectivity index (χ1v) is 5.19. The van der Waals surface area contributed by atoms with Gasteiger partial charge in [0.1, 0.15) is 6.54 Å². The van der Waals surface area contributed by atoms with Gasteiger partial charge in [-0.1, -0.05) is 18.2 Å². The molecule has 84 valence electrons. The quantitative estimate of drug-likeness (QED) is 0.585. The highest BCUT2D eigenvalue weighted by Crippen LogP contribution is 2.13. The van der Waals surface area contributed by atoms with Crippen molar-refractivity contribution in [2.75, 3.05) is 18.0 Å². The largest absolute Gasteiger partial charge is 0.480 e. The second-order valence-corrected chi connectivity index (χ2v) is 3.46. The van der Waals surface area contributed by atoms with E-state index in [2.05, 4.69) is 5.92 Å². The molecule has 0 unspecified atom stereocenters. The third kappa shape index (κ3) is 4.05. The molecule has 0 aliphatic carbocycles. The average molecular weight is 217 g/mol. The molecule has 0 spiro atoms. The highest BCUT2D eigenvalue weighted by Gasteiger charge is 2.09. The molecule has 16 heavy (non-hydrogen) atoms. The Balaban J connectivity index is 2.64. The molecule has 0 aromatic heterocycles. The summed E-state index contributed by atoms with van der Waals surface area (Å²) in [6.07, 6.45) is 6.64. The average Bonchev–Trinajstić information content (AvgIpc) is 2.29. The summed E-state index contributed by atoms with van der Waals surface area (Å²) in [5.74, 6) is 1.72. The van der Waals surface area contributed by atoms with E-state index in [1.807, 2.05) is 35.2 Å². The molecule has 0 amide bonds. The fourth-order valence-electron chi connectivity index (χ4n) is 1.47. The van der Waals surface area contributed by atoms with Crippen molar-refractivity contribution in [3.63, 3.8) is 0 Å². The fourth-order valence-corrected chi connectivity index (χ4v) is 1.47. The van der Waals surface area contributed by atoms with Crippen LogP contribution in [0.25, 0.3) is 0 Å². The fraction of sp³-hybridized carbons (Fsp3) is 0.308. The summed E-state index contributed by atoms with van der Waals surface area (Å²) in [6.45, 7) is 0.676. The van der Waals surface area contributed by atoms with Crippen LogP contribution in [0.4, 0.5) is 5.69 Å². The monoisotopic (exact) mass is 217 g/mol. The first-order chi connectivity index (χ1) is 7.74. The normalized spacial score (nSPS) is 9.44. The predicted molar refractivity (Wildman–Crippen MR) is 64.4 cm³/mol. The van der Waals surface area contributed by atoms with Crippen LogP contribution in [0.2, 0.25) is 0 Å². The Morgan fingerprint density at radius 2 is 2.06 bits per heavy atom. The number of para-hydroxylation sites is 1. The zero-order valence-electron chi connectivity index (χ0n) is 9.10. The van der Waals surface area contributed by atoms with Crippen molar-refractivity contribution in [3.8, 4) is 12.3 Å².